The lowest BCUT2D eigenvalue weighted by atomic mass is 9.67. The van der Waals surface area contributed by atoms with Gasteiger partial charge in [-0.1, -0.05) is 172 Å². The maximum Gasteiger partial charge on any atom is 0.123 e. The van der Waals surface area contributed by atoms with Gasteiger partial charge >= 0.3 is 0 Å². The van der Waals surface area contributed by atoms with E-state index in [0.29, 0.717) is 5.75 Å². The van der Waals surface area contributed by atoms with E-state index in [2.05, 4.69) is 160 Å². The maximum absolute atomic E-state index is 12.4. The van der Waals surface area contributed by atoms with Crippen LogP contribution in [0.4, 0.5) is 0 Å². The summed E-state index contributed by atoms with van der Waals surface area (Å²) in [5.74, 6) is 0.603. The second-order valence-electron chi connectivity index (χ2n) is 17.9. The number of aromatic hydroxyl groups is 2. The summed E-state index contributed by atoms with van der Waals surface area (Å²) in [6, 6.07) is 41.3. The Kier molecular flexibility index (Phi) is 8.06. The van der Waals surface area contributed by atoms with E-state index in [1.54, 1.807) is 12.1 Å². The summed E-state index contributed by atoms with van der Waals surface area (Å²) in [5.41, 5.74) is 6.86. The van der Waals surface area contributed by atoms with Gasteiger partial charge in [0.15, 0.2) is 0 Å². The molecule has 0 saturated carbocycles. The highest BCUT2D eigenvalue weighted by Crippen LogP contribution is 2.51. The van der Waals surface area contributed by atoms with Crippen molar-refractivity contribution in [3.63, 3.8) is 0 Å². The van der Waals surface area contributed by atoms with E-state index in [1.165, 1.54) is 54.6 Å². The van der Waals surface area contributed by atoms with E-state index in [9.17, 15) is 10.2 Å². The van der Waals surface area contributed by atoms with Crippen molar-refractivity contribution in [2.45, 2.75) is 91.4 Å². The van der Waals surface area contributed by atoms with Crippen LogP contribution in [0.3, 0.4) is 0 Å². The number of benzene rings is 7. The monoisotopic (exact) mass is 672 g/mol. The molecule has 1 atom stereocenters. The normalized spacial score (nSPS) is 13.8. The first kappa shape index (κ1) is 34.6. The lowest BCUT2D eigenvalue weighted by molar-refractivity contribution is 0.345. The first-order valence-corrected chi connectivity index (χ1v) is 18.3. The summed E-state index contributed by atoms with van der Waals surface area (Å²) in [5, 5.41) is 30.0. The zero-order chi connectivity index (χ0) is 36.7. The molecule has 260 valence electrons. The highest BCUT2D eigenvalue weighted by molar-refractivity contribution is 6.23. The Labute approximate surface area is 304 Å². The molecule has 2 nitrogen and oxygen atoms in total. The fourth-order valence-electron chi connectivity index (χ4n) is 8.43. The average molecular weight is 673 g/mol. The van der Waals surface area contributed by atoms with Crippen LogP contribution in [0.15, 0.2) is 115 Å². The lowest BCUT2D eigenvalue weighted by Crippen LogP contribution is -2.26. The minimum Gasteiger partial charge on any atom is -0.508 e. The number of hydrogen-bond donors (Lipinski definition) is 2. The van der Waals surface area contributed by atoms with Crippen molar-refractivity contribution in [1.29, 1.82) is 0 Å². The predicted octanol–water partition coefficient (Wildman–Crippen LogP) is 13.1. The molecule has 0 aromatic heterocycles. The summed E-state index contributed by atoms with van der Waals surface area (Å²) in [6.07, 6.45) is 0. The first-order chi connectivity index (χ1) is 23.9. The number of hydrogen-bond acceptors (Lipinski definition) is 2. The number of rotatable bonds is 6. The second-order valence-corrected chi connectivity index (χ2v) is 17.9. The van der Waals surface area contributed by atoms with Gasteiger partial charge in [-0.15, -0.1) is 0 Å². The second kappa shape index (κ2) is 11.9. The van der Waals surface area contributed by atoms with Gasteiger partial charge in [0.05, 0.1) is 0 Å². The van der Waals surface area contributed by atoms with Crippen molar-refractivity contribution in [1.82, 2.24) is 0 Å². The zero-order valence-electron chi connectivity index (χ0n) is 31.9. The zero-order valence-corrected chi connectivity index (χ0v) is 31.9. The molecule has 51 heavy (non-hydrogen) atoms. The van der Waals surface area contributed by atoms with Gasteiger partial charge in [-0.2, -0.15) is 0 Å². The van der Waals surface area contributed by atoms with Crippen molar-refractivity contribution in [3.05, 3.63) is 154 Å². The molecule has 7 aromatic carbocycles. The van der Waals surface area contributed by atoms with Crippen molar-refractivity contribution >= 4 is 32.3 Å². The summed E-state index contributed by atoms with van der Waals surface area (Å²) < 4.78 is 0. The Hall–Kier alpha value is -4.82. The fraction of sp³-hybridized carbons (Fsp3) is 0.306. The molecule has 0 bridgehead atoms. The van der Waals surface area contributed by atoms with Gasteiger partial charge in [0.2, 0.25) is 0 Å². The Morgan fingerprint density at radius 1 is 0.451 bits per heavy atom. The van der Waals surface area contributed by atoms with E-state index < -0.39 is 0 Å². The topological polar surface area (TPSA) is 40.5 Å². The smallest absolute Gasteiger partial charge is 0.123 e. The van der Waals surface area contributed by atoms with Crippen LogP contribution in [0.2, 0.25) is 0 Å². The van der Waals surface area contributed by atoms with Crippen LogP contribution in [0.1, 0.15) is 114 Å². The lowest BCUT2D eigenvalue weighted by Gasteiger charge is -2.37. The Morgan fingerprint density at radius 2 is 0.980 bits per heavy atom. The van der Waals surface area contributed by atoms with Crippen molar-refractivity contribution in [3.8, 4) is 11.5 Å². The van der Waals surface area contributed by atoms with Crippen LogP contribution in [0, 0.1) is 5.41 Å². The molecule has 2 heteroatoms. The van der Waals surface area contributed by atoms with Crippen molar-refractivity contribution in [2.24, 2.45) is 5.41 Å². The molecule has 7 rings (SSSR count). The van der Waals surface area contributed by atoms with Crippen molar-refractivity contribution in [2.75, 3.05) is 0 Å². The van der Waals surface area contributed by atoms with Crippen LogP contribution in [0.5, 0.6) is 11.5 Å². The van der Waals surface area contributed by atoms with Gasteiger partial charge in [-0.25, -0.2) is 0 Å². The molecule has 1 unspecified atom stereocenters. The van der Waals surface area contributed by atoms with Crippen LogP contribution in [-0.2, 0) is 16.2 Å². The highest BCUT2D eigenvalue weighted by atomic mass is 16.3. The van der Waals surface area contributed by atoms with Crippen LogP contribution in [0.25, 0.3) is 32.3 Å². The van der Waals surface area contributed by atoms with Crippen molar-refractivity contribution < 1.29 is 10.2 Å². The number of phenols is 2. The Morgan fingerprint density at radius 3 is 1.57 bits per heavy atom. The predicted molar refractivity (Wildman–Crippen MR) is 217 cm³/mol. The van der Waals surface area contributed by atoms with Crippen LogP contribution in [-0.4, -0.2) is 10.2 Å². The first-order valence-electron chi connectivity index (χ1n) is 18.3. The third-order valence-corrected chi connectivity index (χ3v) is 11.6. The van der Waals surface area contributed by atoms with Gasteiger partial charge in [0.25, 0.3) is 0 Å². The maximum atomic E-state index is 12.4. The molecule has 0 heterocycles. The minimum atomic E-state index is -0.366. The summed E-state index contributed by atoms with van der Waals surface area (Å²) in [4.78, 5) is 0. The molecule has 0 aliphatic carbocycles. The standard InChI is InChI=1S/C49H52O2/c1-46(2,3)41-29-36(49(9,10)35-16-12-15-34(27-35)48(7,8)33-21-23-37(50)24-22-33)28-40(45(41)51)44(47(4,5)6)39-26-20-32-18-17-30-13-11-14-31-19-25-38(39)43(32)42(30)31/h11-29,44,50-51H,1-10H3. The summed E-state index contributed by atoms with van der Waals surface area (Å²) in [7, 11) is 0. The van der Waals surface area contributed by atoms with E-state index in [4.69, 9.17) is 0 Å². The SMILES string of the molecule is CC(C)(C)c1cc(C(C)(C)c2cccc(C(C)(C)c3ccc(O)cc3)c2)cc(C(c2ccc3ccc4cccc5ccc2c3c45)C(C)(C)C)c1O. The van der Waals surface area contributed by atoms with E-state index in [0.717, 1.165) is 16.7 Å². The van der Waals surface area contributed by atoms with Gasteiger partial charge in [0.1, 0.15) is 11.5 Å². The summed E-state index contributed by atoms with van der Waals surface area (Å²) >= 11 is 0. The average Bonchev–Trinajstić information content (AvgIpc) is 3.07. The molecule has 0 radical (unpaired) electrons. The van der Waals surface area contributed by atoms with Gasteiger partial charge in [0, 0.05) is 22.3 Å². The van der Waals surface area contributed by atoms with E-state index in [-0.39, 0.29) is 33.3 Å². The molecule has 2 N–H and O–H groups in total. The molecule has 0 spiro atoms. The van der Waals surface area contributed by atoms with Gasteiger partial charge < -0.3 is 10.2 Å². The molecule has 0 aliphatic heterocycles. The van der Waals surface area contributed by atoms with E-state index in [1.807, 2.05) is 12.1 Å². The van der Waals surface area contributed by atoms with E-state index >= 15 is 0 Å². The molecular formula is C49H52O2. The highest BCUT2D eigenvalue weighted by Gasteiger charge is 2.37. The largest absolute Gasteiger partial charge is 0.508 e. The quantitative estimate of drug-likeness (QED) is 0.173. The molecule has 0 aliphatic rings. The molecule has 7 aromatic rings. The van der Waals surface area contributed by atoms with Crippen LogP contribution >= 0.6 is 0 Å². The minimum absolute atomic E-state index is 0.0707. The Balaban J connectivity index is 1.44. The van der Waals surface area contributed by atoms with Gasteiger partial charge in [-0.05, 0) is 88.7 Å². The molecular weight excluding hydrogens is 621 g/mol. The molecule has 0 saturated heterocycles. The molecule has 0 amide bonds. The third-order valence-electron chi connectivity index (χ3n) is 11.6. The third kappa shape index (κ3) is 5.83. The fourth-order valence-corrected chi connectivity index (χ4v) is 8.43. The Bertz CT molecular complexity index is 2380. The van der Waals surface area contributed by atoms with Crippen LogP contribution < -0.4 is 0 Å². The molecule has 0 fully saturated rings. The summed E-state index contributed by atoms with van der Waals surface area (Å²) in [6.45, 7) is 22.6. The number of phenolic OH excluding ortho intramolecular Hbond substituents is 2. The van der Waals surface area contributed by atoms with Gasteiger partial charge in [-0.3, -0.25) is 0 Å².